The highest BCUT2D eigenvalue weighted by atomic mass is 16.2. The number of carbonyl (C=O) groups excluding carboxylic acids is 1. The Morgan fingerprint density at radius 3 is 3.21 bits per heavy atom. The minimum absolute atomic E-state index is 0.585. The highest BCUT2D eigenvalue weighted by Crippen LogP contribution is 2.35. The number of nitrogens with two attached hydrogens (primary N) is 1. The van der Waals surface area contributed by atoms with Crippen molar-refractivity contribution >= 4 is 11.7 Å². The Hall–Kier alpha value is -1.32. The number of rotatable bonds is 1. The SMILES string of the molecule is NC(=O)N/N=C1/CCCC2CCC=C12. The fraction of sp³-hybridized carbons (Fsp3) is 0.600. The van der Waals surface area contributed by atoms with Gasteiger partial charge in [0.25, 0.3) is 0 Å². The van der Waals surface area contributed by atoms with Crippen molar-refractivity contribution < 1.29 is 4.79 Å². The summed E-state index contributed by atoms with van der Waals surface area (Å²) in [6.45, 7) is 0. The number of nitrogens with zero attached hydrogens (tertiary/aromatic N) is 1. The molecule has 0 radical (unpaired) electrons. The molecule has 0 aromatic rings. The second kappa shape index (κ2) is 3.82. The maximum Gasteiger partial charge on any atom is 0.332 e. The number of fused-ring (bicyclic) bond motifs is 1. The molecule has 0 saturated heterocycles. The maximum absolute atomic E-state index is 10.5. The zero-order chi connectivity index (χ0) is 9.97. The van der Waals surface area contributed by atoms with Gasteiger partial charge < -0.3 is 5.73 Å². The van der Waals surface area contributed by atoms with Crippen molar-refractivity contribution in [3.63, 3.8) is 0 Å². The molecule has 1 atom stereocenters. The van der Waals surface area contributed by atoms with E-state index in [1.807, 2.05) is 0 Å². The van der Waals surface area contributed by atoms with Gasteiger partial charge >= 0.3 is 6.03 Å². The third-order valence-electron chi connectivity index (χ3n) is 2.92. The van der Waals surface area contributed by atoms with Gasteiger partial charge in [-0.15, -0.1) is 0 Å². The lowest BCUT2D eigenvalue weighted by molar-refractivity contribution is 0.249. The fourth-order valence-electron chi connectivity index (χ4n) is 2.32. The molecule has 4 nitrogen and oxygen atoms in total. The molecule has 1 saturated carbocycles. The first-order valence-electron chi connectivity index (χ1n) is 5.10. The smallest absolute Gasteiger partial charge is 0.332 e. The fourth-order valence-corrected chi connectivity index (χ4v) is 2.32. The van der Waals surface area contributed by atoms with Crippen LogP contribution in [0.4, 0.5) is 4.79 Å². The van der Waals surface area contributed by atoms with Gasteiger partial charge in [-0.05, 0) is 43.6 Å². The molecule has 1 unspecified atom stereocenters. The number of hydrazone groups is 1. The third kappa shape index (κ3) is 1.78. The second-order valence-electron chi connectivity index (χ2n) is 3.86. The van der Waals surface area contributed by atoms with Crippen LogP contribution in [0.2, 0.25) is 0 Å². The van der Waals surface area contributed by atoms with E-state index in [1.165, 1.54) is 24.8 Å². The molecule has 0 spiro atoms. The van der Waals surface area contributed by atoms with Crippen molar-refractivity contribution in [3.8, 4) is 0 Å². The van der Waals surface area contributed by atoms with Gasteiger partial charge in [0.05, 0.1) is 5.71 Å². The van der Waals surface area contributed by atoms with E-state index in [0.29, 0.717) is 5.92 Å². The summed E-state index contributed by atoms with van der Waals surface area (Å²) >= 11 is 0. The van der Waals surface area contributed by atoms with Crippen LogP contribution in [-0.4, -0.2) is 11.7 Å². The summed E-state index contributed by atoms with van der Waals surface area (Å²) in [4.78, 5) is 10.5. The number of carbonyl (C=O) groups is 1. The van der Waals surface area contributed by atoms with E-state index >= 15 is 0 Å². The number of urea groups is 1. The zero-order valence-corrected chi connectivity index (χ0v) is 8.12. The Morgan fingerprint density at radius 2 is 2.43 bits per heavy atom. The minimum Gasteiger partial charge on any atom is -0.350 e. The summed E-state index contributed by atoms with van der Waals surface area (Å²) in [5.41, 5.74) is 9.65. The van der Waals surface area contributed by atoms with Crippen LogP contribution in [0, 0.1) is 5.92 Å². The van der Waals surface area contributed by atoms with Crippen LogP contribution in [0.25, 0.3) is 0 Å². The van der Waals surface area contributed by atoms with E-state index in [-0.39, 0.29) is 0 Å². The van der Waals surface area contributed by atoms with Crippen LogP contribution < -0.4 is 11.2 Å². The van der Waals surface area contributed by atoms with E-state index < -0.39 is 6.03 Å². The number of allylic oxidation sites excluding steroid dienone is 2. The van der Waals surface area contributed by atoms with Gasteiger partial charge in [0.1, 0.15) is 0 Å². The highest BCUT2D eigenvalue weighted by Gasteiger charge is 2.26. The first kappa shape index (κ1) is 9.24. The summed E-state index contributed by atoms with van der Waals surface area (Å²) in [5.74, 6) is 0.678. The zero-order valence-electron chi connectivity index (χ0n) is 8.12. The molecule has 2 aliphatic rings. The molecule has 4 heteroatoms. The van der Waals surface area contributed by atoms with Gasteiger partial charge in [-0.1, -0.05) is 6.08 Å². The normalized spacial score (nSPS) is 28.4. The van der Waals surface area contributed by atoms with Crippen LogP contribution in [0.15, 0.2) is 16.8 Å². The van der Waals surface area contributed by atoms with Gasteiger partial charge in [-0.3, -0.25) is 0 Å². The third-order valence-corrected chi connectivity index (χ3v) is 2.92. The van der Waals surface area contributed by atoms with Crippen molar-refractivity contribution in [2.75, 3.05) is 0 Å². The Balaban J connectivity index is 2.10. The van der Waals surface area contributed by atoms with E-state index in [0.717, 1.165) is 18.6 Å². The lowest BCUT2D eigenvalue weighted by Crippen LogP contribution is -2.27. The van der Waals surface area contributed by atoms with Gasteiger partial charge in [-0.2, -0.15) is 5.10 Å². The Morgan fingerprint density at radius 1 is 1.57 bits per heavy atom. The maximum atomic E-state index is 10.5. The molecule has 2 rings (SSSR count). The van der Waals surface area contributed by atoms with E-state index in [1.54, 1.807) is 0 Å². The van der Waals surface area contributed by atoms with Crippen LogP contribution in [0.1, 0.15) is 32.1 Å². The van der Waals surface area contributed by atoms with E-state index in [9.17, 15) is 4.79 Å². The van der Waals surface area contributed by atoms with Crippen LogP contribution in [-0.2, 0) is 0 Å². The van der Waals surface area contributed by atoms with Gasteiger partial charge in [0.2, 0.25) is 0 Å². The molecule has 0 aliphatic heterocycles. The standard InChI is InChI=1S/C10H15N3O/c11-10(14)13-12-9-6-2-4-7-3-1-5-8(7)9/h5,7H,1-4,6H2,(H3,11,13,14)/b12-9-. The molecule has 0 heterocycles. The largest absolute Gasteiger partial charge is 0.350 e. The molecule has 0 aromatic heterocycles. The van der Waals surface area contributed by atoms with Crippen molar-refractivity contribution in [2.45, 2.75) is 32.1 Å². The monoisotopic (exact) mass is 193 g/mol. The lowest BCUT2D eigenvalue weighted by atomic mass is 9.85. The van der Waals surface area contributed by atoms with Crippen LogP contribution >= 0.6 is 0 Å². The Kier molecular flexibility index (Phi) is 2.52. The summed E-state index contributed by atoms with van der Waals surface area (Å²) in [5, 5.41) is 4.05. The molecular formula is C10H15N3O. The molecule has 14 heavy (non-hydrogen) atoms. The van der Waals surface area contributed by atoms with E-state index in [2.05, 4.69) is 16.6 Å². The summed E-state index contributed by atoms with van der Waals surface area (Å²) < 4.78 is 0. The number of nitrogens with one attached hydrogen (secondary N) is 1. The summed E-state index contributed by atoms with van der Waals surface area (Å²) in [6, 6.07) is -0.585. The highest BCUT2D eigenvalue weighted by molar-refractivity contribution is 6.02. The predicted molar refractivity (Wildman–Crippen MR) is 54.8 cm³/mol. The van der Waals surface area contributed by atoms with Crippen molar-refractivity contribution in [2.24, 2.45) is 16.8 Å². The number of hydrogen-bond donors (Lipinski definition) is 2. The van der Waals surface area contributed by atoms with Crippen molar-refractivity contribution in [1.29, 1.82) is 0 Å². The quantitative estimate of drug-likeness (QED) is 0.609. The Labute approximate surface area is 83.2 Å². The lowest BCUT2D eigenvalue weighted by Gasteiger charge is -2.22. The minimum atomic E-state index is -0.585. The molecule has 3 N–H and O–H groups in total. The molecule has 0 aromatic carbocycles. The average molecular weight is 193 g/mol. The van der Waals surface area contributed by atoms with E-state index in [4.69, 9.17) is 5.73 Å². The number of amides is 2. The first-order chi connectivity index (χ1) is 6.77. The molecular weight excluding hydrogens is 178 g/mol. The summed E-state index contributed by atoms with van der Waals surface area (Å²) in [7, 11) is 0. The Bertz CT molecular complexity index is 306. The van der Waals surface area contributed by atoms with Crippen LogP contribution in [0.3, 0.4) is 0 Å². The van der Waals surface area contributed by atoms with Crippen molar-refractivity contribution in [3.05, 3.63) is 11.6 Å². The number of hydrogen-bond acceptors (Lipinski definition) is 2. The van der Waals surface area contributed by atoms with Gasteiger partial charge in [0, 0.05) is 0 Å². The van der Waals surface area contributed by atoms with Crippen molar-refractivity contribution in [1.82, 2.24) is 5.43 Å². The predicted octanol–water partition coefficient (Wildman–Crippen LogP) is 1.53. The second-order valence-corrected chi connectivity index (χ2v) is 3.86. The van der Waals surface area contributed by atoms with Gasteiger partial charge in [-0.25, -0.2) is 10.2 Å². The number of primary amides is 1. The topological polar surface area (TPSA) is 67.5 Å². The molecule has 76 valence electrons. The van der Waals surface area contributed by atoms with Crippen LogP contribution in [0.5, 0.6) is 0 Å². The van der Waals surface area contributed by atoms with Gasteiger partial charge in [0.15, 0.2) is 0 Å². The molecule has 0 bridgehead atoms. The molecule has 2 amide bonds. The molecule has 2 aliphatic carbocycles. The molecule has 1 fully saturated rings. The average Bonchev–Trinajstić information content (AvgIpc) is 2.62. The first-order valence-corrected chi connectivity index (χ1v) is 5.10. The summed E-state index contributed by atoms with van der Waals surface area (Å²) in [6.07, 6.45) is 8.02.